The van der Waals surface area contributed by atoms with Crippen molar-refractivity contribution in [2.75, 3.05) is 19.6 Å². The molecule has 180 valence electrons. The number of thiophene rings is 1. The summed E-state index contributed by atoms with van der Waals surface area (Å²) >= 11 is 1.70. The first-order valence-electron chi connectivity index (χ1n) is 12.4. The number of aromatic nitrogens is 4. The van der Waals surface area contributed by atoms with Gasteiger partial charge >= 0.3 is 0 Å². The van der Waals surface area contributed by atoms with E-state index in [1.54, 1.807) is 11.3 Å². The molecule has 0 atom stereocenters. The molecule has 1 aromatic carbocycles. The van der Waals surface area contributed by atoms with E-state index in [2.05, 4.69) is 86.7 Å². The molecule has 1 saturated heterocycles. The second-order valence-corrected chi connectivity index (χ2v) is 10.1. The van der Waals surface area contributed by atoms with Crippen LogP contribution in [0.1, 0.15) is 25.3 Å². The SMILES string of the molecule is C=C/C(=C\C(=C/C)c1ccc2[nH]nc(-c3cc4c(-c5ccsc5)cncc4[nH]3)c2c1)CN1CCCC1. The summed E-state index contributed by atoms with van der Waals surface area (Å²) in [7, 11) is 0. The Hall–Kier alpha value is -3.74. The first-order chi connectivity index (χ1) is 17.7. The van der Waals surface area contributed by atoms with Gasteiger partial charge in [0.05, 0.1) is 22.9 Å². The summed E-state index contributed by atoms with van der Waals surface area (Å²) in [6.45, 7) is 9.48. The molecule has 1 fully saturated rings. The maximum absolute atomic E-state index is 4.69. The Morgan fingerprint density at radius 1 is 1.11 bits per heavy atom. The number of H-pyrrole nitrogens is 2. The highest BCUT2D eigenvalue weighted by Gasteiger charge is 2.16. The van der Waals surface area contributed by atoms with Crippen LogP contribution >= 0.6 is 11.3 Å². The number of fused-ring (bicyclic) bond motifs is 2. The number of nitrogens with zero attached hydrogens (tertiary/aromatic N) is 3. The topological polar surface area (TPSA) is 60.6 Å². The van der Waals surface area contributed by atoms with Crippen LogP contribution in [0.3, 0.4) is 0 Å². The molecular weight excluding hydrogens is 462 g/mol. The predicted molar refractivity (Wildman–Crippen MR) is 152 cm³/mol. The Labute approximate surface area is 214 Å². The van der Waals surface area contributed by atoms with Crippen LogP contribution in [-0.4, -0.2) is 44.7 Å². The first-order valence-corrected chi connectivity index (χ1v) is 13.4. The standard InChI is InChI=1S/C30H29N5S/c1-3-20(18-35-10-5-6-11-35)13-21(4-2)22-7-8-27-25(14-22)30(34-33-27)28-15-24-26(23-9-12-36-19-23)16-31-17-29(24)32-28/h3-4,7-9,12-17,19,32H,1,5-6,10-11,18H2,2H3,(H,33,34)/b20-13+,21-4+. The fourth-order valence-electron chi connectivity index (χ4n) is 5.13. The van der Waals surface area contributed by atoms with Crippen molar-refractivity contribution in [2.24, 2.45) is 0 Å². The molecule has 6 heteroatoms. The van der Waals surface area contributed by atoms with Crippen LogP contribution in [0.4, 0.5) is 0 Å². The quantitative estimate of drug-likeness (QED) is 0.233. The minimum Gasteiger partial charge on any atom is -0.352 e. The van der Waals surface area contributed by atoms with Gasteiger partial charge in [-0.1, -0.05) is 30.9 Å². The van der Waals surface area contributed by atoms with Crippen LogP contribution in [0.15, 0.2) is 83.9 Å². The molecule has 1 aliphatic heterocycles. The van der Waals surface area contributed by atoms with E-state index < -0.39 is 0 Å². The predicted octanol–water partition coefficient (Wildman–Crippen LogP) is 7.45. The highest BCUT2D eigenvalue weighted by atomic mass is 32.1. The molecule has 0 radical (unpaired) electrons. The molecule has 0 saturated carbocycles. The van der Waals surface area contributed by atoms with E-state index in [0.717, 1.165) is 45.3 Å². The molecule has 0 aliphatic carbocycles. The number of benzene rings is 1. The molecule has 0 spiro atoms. The summed E-state index contributed by atoms with van der Waals surface area (Å²) < 4.78 is 0. The average molecular weight is 492 g/mol. The Morgan fingerprint density at radius 3 is 2.78 bits per heavy atom. The number of likely N-dealkylation sites (tertiary alicyclic amines) is 1. The van der Waals surface area contributed by atoms with Gasteiger partial charge in [-0.3, -0.25) is 15.0 Å². The van der Waals surface area contributed by atoms with Crippen molar-refractivity contribution in [2.45, 2.75) is 19.8 Å². The highest BCUT2D eigenvalue weighted by Crippen LogP contribution is 2.35. The largest absolute Gasteiger partial charge is 0.352 e. The van der Waals surface area contributed by atoms with Crippen molar-refractivity contribution >= 4 is 38.7 Å². The van der Waals surface area contributed by atoms with E-state index in [1.807, 2.05) is 18.5 Å². The van der Waals surface area contributed by atoms with Crippen LogP contribution in [0.2, 0.25) is 0 Å². The Morgan fingerprint density at radius 2 is 2.00 bits per heavy atom. The molecular formula is C30H29N5S. The third-order valence-electron chi connectivity index (χ3n) is 7.05. The van der Waals surface area contributed by atoms with Crippen LogP contribution in [0.5, 0.6) is 0 Å². The monoisotopic (exact) mass is 491 g/mol. The lowest BCUT2D eigenvalue weighted by molar-refractivity contribution is 0.371. The van der Waals surface area contributed by atoms with Crippen molar-refractivity contribution in [3.63, 3.8) is 0 Å². The summed E-state index contributed by atoms with van der Waals surface area (Å²) in [4.78, 5) is 10.5. The summed E-state index contributed by atoms with van der Waals surface area (Å²) in [5, 5.41) is 14.4. The highest BCUT2D eigenvalue weighted by molar-refractivity contribution is 7.08. The van der Waals surface area contributed by atoms with Gasteiger partial charge in [0.2, 0.25) is 0 Å². The zero-order valence-electron chi connectivity index (χ0n) is 20.4. The third-order valence-corrected chi connectivity index (χ3v) is 7.73. The van der Waals surface area contributed by atoms with Crippen molar-refractivity contribution in [3.8, 4) is 22.5 Å². The van der Waals surface area contributed by atoms with Crippen LogP contribution in [0.25, 0.3) is 49.9 Å². The zero-order chi connectivity index (χ0) is 24.5. The van der Waals surface area contributed by atoms with E-state index in [-0.39, 0.29) is 0 Å². The lowest BCUT2D eigenvalue weighted by Crippen LogP contribution is -2.21. The van der Waals surface area contributed by atoms with Gasteiger partial charge in [-0.25, -0.2) is 0 Å². The maximum Gasteiger partial charge on any atom is 0.116 e. The van der Waals surface area contributed by atoms with Gasteiger partial charge in [-0.15, -0.1) is 0 Å². The first kappa shape index (κ1) is 22.7. The van der Waals surface area contributed by atoms with Crippen molar-refractivity contribution in [1.29, 1.82) is 0 Å². The molecule has 2 N–H and O–H groups in total. The molecule has 36 heavy (non-hydrogen) atoms. The van der Waals surface area contributed by atoms with Gasteiger partial charge in [0.15, 0.2) is 0 Å². The number of rotatable bonds is 7. The van der Waals surface area contributed by atoms with E-state index in [9.17, 15) is 0 Å². The van der Waals surface area contributed by atoms with Gasteiger partial charge in [-0.2, -0.15) is 16.4 Å². The molecule has 5 aromatic rings. The van der Waals surface area contributed by atoms with E-state index >= 15 is 0 Å². The normalized spacial score (nSPS) is 15.4. The Kier molecular flexibility index (Phi) is 6.13. The number of pyridine rings is 1. The summed E-state index contributed by atoms with van der Waals surface area (Å²) in [5.41, 5.74) is 9.86. The molecule has 5 heterocycles. The number of hydrogen-bond acceptors (Lipinski definition) is 4. The van der Waals surface area contributed by atoms with Crippen LogP contribution < -0.4 is 0 Å². The second kappa shape index (κ2) is 9.72. The third kappa shape index (κ3) is 4.23. The van der Waals surface area contributed by atoms with E-state index in [0.29, 0.717) is 0 Å². The summed E-state index contributed by atoms with van der Waals surface area (Å²) in [6, 6.07) is 10.8. The van der Waals surface area contributed by atoms with Gasteiger partial charge < -0.3 is 4.98 Å². The zero-order valence-corrected chi connectivity index (χ0v) is 21.2. The summed E-state index contributed by atoms with van der Waals surface area (Å²) in [6.07, 6.45) is 12.8. The Balaban J connectivity index is 1.38. The maximum atomic E-state index is 4.69. The molecule has 0 amide bonds. The lowest BCUT2D eigenvalue weighted by Gasteiger charge is -2.15. The second-order valence-electron chi connectivity index (χ2n) is 9.33. The Bertz CT molecular complexity index is 1590. The van der Waals surface area contributed by atoms with Crippen molar-refractivity contribution in [1.82, 2.24) is 25.1 Å². The molecule has 0 unspecified atom stereocenters. The molecule has 1 aliphatic rings. The lowest BCUT2D eigenvalue weighted by atomic mass is 9.99. The fourth-order valence-corrected chi connectivity index (χ4v) is 5.78. The molecule has 4 aromatic heterocycles. The minimum absolute atomic E-state index is 0.916. The summed E-state index contributed by atoms with van der Waals surface area (Å²) in [5.74, 6) is 0. The van der Waals surface area contributed by atoms with E-state index in [1.165, 1.54) is 48.2 Å². The smallest absolute Gasteiger partial charge is 0.116 e. The van der Waals surface area contributed by atoms with Crippen molar-refractivity contribution < 1.29 is 0 Å². The van der Waals surface area contributed by atoms with Gasteiger partial charge in [0.25, 0.3) is 0 Å². The van der Waals surface area contributed by atoms with E-state index in [4.69, 9.17) is 5.10 Å². The molecule has 6 rings (SSSR count). The minimum atomic E-state index is 0.916. The molecule has 5 nitrogen and oxygen atoms in total. The number of hydrogen-bond donors (Lipinski definition) is 2. The molecule has 0 bridgehead atoms. The van der Waals surface area contributed by atoms with Gasteiger partial charge in [0.1, 0.15) is 5.69 Å². The fraction of sp³-hybridized carbons (Fsp3) is 0.200. The number of aromatic amines is 2. The van der Waals surface area contributed by atoms with Crippen LogP contribution in [0, 0.1) is 0 Å². The number of nitrogens with one attached hydrogen (secondary N) is 2. The average Bonchev–Trinajstić information content (AvgIpc) is 3.72. The number of allylic oxidation sites excluding steroid dienone is 3. The van der Waals surface area contributed by atoms with Gasteiger partial charge in [-0.05, 0) is 90.2 Å². The van der Waals surface area contributed by atoms with Crippen molar-refractivity contribution in [3.05, 3.63) is 89.4 Å². The van der Waals surface area contributed by atoms with Gasteiger partial charge in [0, 0.05) is 29.1 Å². The van der Waals surface area contributed by atoms with Crippen LogP contribution in [-0.2, 0) is 0 Å².